The Balaban J connectivity index is 2.19. The molecule has 0 unspecified atom stereocenters. The molecule has 0 saturated carbocycles. The fourth-order valence-corrected chi connectivity index (χ4v) is 1.54. The van der Waals surface area contributed by atoms with Gasteiger partial charge in [-0.15, -0.1) is 4.68 Å². The Kier molecular flexibility index (Phi) is 3.57. The summed E-state index contributed by atoms with van der Waals surface area (Å²) in [6.45, 7) is 0. The van der Waals surface area contributed by atoms with Crippen molar-refractivity contribution in [2.45, 2.75) is 0 Å². The molecule has 0 atom stereocenters. The van der Waals surface area contributed by atoms with E-state index in [1.165, 1.54) is 0 Å². The van der Waals surface area contributed by atoms with E-state index < -0.39 is 0 Å². The predicted molar refractivity (Wildman–Crippen MR) is 72.2 cm³/mol. The van der Waals surface area contributed by atoms with Gasteiger partial charge in [-0.2, -0.15) is 0 Å². The molecule has 0 radical (unpaired) electrons. The van der Waals surface area contributed by atoms with E-state index in [1.54, 1.807) is 20.5 Å². The van der Waals surface area contributed by atoms with Gasteiger partial charge in [0, 0.05) is 23.9 Å². The van der Waals surface area contributed by atoms with E-state index >= 15 is 0 Å². The average molecular weight is 255 g/mol. The molecule has 1 aromatic carbocycles. The summed E-state index contributed by atoms with van der Waals surface area (Å²) in [5.41, 5.74) is 1.70. The topological polar surface area (TPSA) is 49.7 Å². The summed E-state index contributed by atoms with van der Waals surface area (Å²) in [5, 5.41) is 12.4. The predicted octanol–water partition coefficient (Wildman–Crippen LogP) is 1.69. The first-order valence-electron chi connectivity index (χ1n) is 5.71. The third kappa shape index (κ3) is 2.77. The minimum Gasteiger partial charge on any atom is -0.305 e. The molecule has 0 saturated heterocycles. The maximum Gasteiger partial charge on any atom is 0.441 e. The number of anilines is 1. The van der Waals surface area contributed by atoms with Crippen molar-refractivity contribution in [3.63, 3.8) is 0 Å². The van der Waals surface area contributed by atoms with Crippen LogP contribution in [0.15, 0.2) is 40.8 Å². The summed E-state index contributed by atoms with van der Waals surface area (Å²) in [5.74, 6) is 0.671. The molecule has 2 aromatic rings. The Hall–Kier alpha value is -2.68. The fourth-order valence-electron chi connectivity index (χ4n) is 1.54. The number of hydrogen-bond donors (Lipinski definition) is 0. The molecule has 0 aliphatic carbocycles. The van der Waals surface area contributed by atoms with Gasteiger partial charge in [0.2, 0.25) is 0 Å². The van der Waals surface area contributed by atoms with E-state index in [0.29, 0.717) is 5.95 Å². The third-order valence-corrected chi connectivity index (χ3v) is 2.69. The molecule has 1 aromatic heterocycles. The van der Waals surface area contributed by atoms with E-state index in [1.807, 2.05) is 45.4 Å². The van der Waals surface area contributed by atoms with E-state index in [9.17, 15) is 0 Å². The van der Waals surface area contributed by atoms with Crippen molar-refractivity contribution in [2.24, 2.45) is 24.3 Å². The fraction of sp³-hybridized carbons (Fsp3) is 0.231. The van der Waals surface area contributed by atoms with Gasteiger partial charge in [-0.25, -0.2) is 4.57 Å². The second kappa shape index (κ2) is 5.31. The number of benzene rings is 1. The second-order valence-corrected chi connectivity index (χ2v) is 4.07. The Labute approximate surface area is 112 Å². The van der Waals surface area contributed by atoms with Crippen molar-refractivity contribution in [3.05, 3.63) is 30.6 Å². The van der Waals surface area contributed by atoms with Crippen molar-refractivity contribution < 1.29 is 4.68 Å². The highest BCUT2D eigenvalue weighted by atomic mass is 15.4. The van der Waals surface area contributed by atoms with Crippen LogP contribution in [0.1, 0.15) is 0 Å². The van der Waals surface area contributed by atoms with Crippen LogP contribution in [0, 0.1) is 12.5 Å². The van der Waals surface area contributed by atoms with Gasteiger partial charge in [-0.05, 0) is 24.3 Å². The number of rotatable bonds is 3. The van der Waals surface area contributed by atoms with Gasteiger partial charge < -0.3 is 4.90 Å². The third-order valence-electron chi connectivity index (χ3n) is 2.69. The zero-order valence-electron chi connectivity index (χ0n) is 11.1. The van der Waals surface area contributed by atoms with Gasteiger partial charge in [-0.1, -0.05) is 16.6 Å². The highest BCUT2D eigenvalue weighted by molar-refractivity contribution is 5.55. The molecule has 19 heavy (non-hydrogen) atoms. The summed E-state index contributed by atoms with van der Waals surface area (Å²) in [6.07, 6.45) is 7.00. The Morgan fingerprint density at radius 1 is 1.32 bits per heavy atom. The molecular weight excluding hydrogens is 240 g/mol. The molecule has 6 nitrogen and oxygen atoms in total. The van der Waals surface area contributed by atoms with Gasteiger partial charge in [-0.3, -0.25) is 0 Å². The van der Waals surface area contributed by atoms with Crippen LogP contribution in [0.5, 0.6) is 0 Å². The van der Waals surface area contributed by atoms with Crippen LogP contribution in [0.25, 0.3) is 0 Å². The number of nitrogens with zero attached hydrogens (tertiary/aromatic N) is 6. The smallest absolute Gasteiger partial charge is 0.305 e. The Morgan fingerprint density at radius 3 is 2.53 bits per heavy atom. The molecule has 0 N–H and O–H groups in total. The summed E-state index contributed by atoms with van der Waals surface area (Å²) < 4.78 is 3.45. The van der Waals surface area contributed by atoms with Gasteiger partial charge in [0.1, 0.15) is 5.69 Å². The highest BCUT2D eigenvalue weighted by Gasteiger charge is 2.11. The van der Waals surface area contributed by atoms with E-state index in [4.69, 9.17) is 6.42 Å². The van der Waals surface area contributed by atoms with E-state index in [-0.39, 0.29) is 0 Å². The number of azo groups is 1. The SMILES string of the molecule is C#CN(C)c1ccc(/N=N/c2n(C)cn[n+]2C)cc1. The first-order chi connectivity index (χ1) is 9.11. The second-order valence-electron chi connectivity index (χ2n) is 4.07. The van der Waals surface area contributed by atoms with E-state index in [2.05, 4.69) is 21.4 Å². The molecule has 0 fully saturated rings. The first-order valence-corrected chi connectivity index (χ1v) is 5.71. The van der Waals surface area contributed by atoms with Crippen molar-refractivity contribution in [3.8, 4) is 12.5 Å². The summed E-state index contributed by atoms with van der Waals surface area (Å²) in [6, 6.07) is 10.1. The monoisotopic (exact) mass is 255 g/mol. The van der Waals surface area contributed by atoms with Crippen LogP contribution < -0.4 is 9.58 Å². The zero-order chi connectivity index (χ0) is 13.8. The van der Waals surface area contributed by atoms with Crippen molar-refractivity contribution in [2.75, 3.05) is 11.9 Å². The van der Waals surface area contributed by atoms with Gasteiger partial charge >= 0.3 is 5.95 Å². The highest BCUT2D eigenvalue weighted by Crippen LogP contribution is 2.20. The number of aryl methyl sites for hydroxylation is 2. The van der Waals surface area contributed by atoms with Gasteiger partial charge in [0.15, 0.2) is 6.33 Å². The normalized spacial score (nSPS) is 10.6. The largest absolute Gasteiger partial charge is 0.441 e. The molecule has 0 amide bonds. The molecule has 6 heteroatoms. The van der Waals surface area contributed by atoms with Crippen LogP contribution in [-0.2, 0) is 14.1 Å². The van der Waals surface area contributed by atoms with Crippen LogP contribution in [0.3, 0.4) is 0 Å². The average Bonchev–Trinajstić information content (AvgIpc) is 2.75. The van der Waals surface area contributed by atoms with Crippen molar-refractivity contribution in [1.82, 2.24) is 9.67 Å². The molecule has 0 aliphatic rings. The quantitative estimate of drug-likeness (QED) is 0.363. The Morgan fingerprint density at radius 2 is 2.00 bits per heavy atom. The Bertz CT molecular complexity index is 613. The molecule has 0 bridgehead atoms. The van der Waals surface area contributed by atoms with Gasteiger partial charge in [0.05, 0.1) is 14.1 Å². The van der Waals surface area contributed by atoms with Crippen LogP contribution in [0.4, 0.5) is 17.3 Å². The number of hydrogen-bond acceptors (Lipinski definition) is 4. The van der Waals surface area contributed by atoms with Crippen molar-refractivity contribution >= 4 is 17.3 Å². The molecule has 2 rings (SSSR count). The van der Waals surface area contributed by atoms with E-state index in [0.717, 1.165) is 11.4 Å². The zero-order valence-corrected chi connectivity index (χ0v) is 11.1. The summed E-state index contributed by atoms with van der Waals surface area (Å²) >= 11 is 0. The maximum atomic E-state index is 5.32. The van der Waals surface area contributed by atoms with Gasteiger partial charge in [0.25, 0.3) is 0 Å². The summed E-state index contributed by atoms with van der Waals surface area (Å²) in [7, 11) is 5.51. The van der Waals surface area contributed by atoms with Crippen molar-refractivity contribution in [1.29, 1.82) is 0 Å². The van der Waals surface area contributed by atoms with Crippen LogP contribution in [0.2, 0.25) is 0 Å². The molecule has 0 spiro atoms. The number of terminal acetylenes is 1. The molecular formula is C13H15N6+. The molecule has 1 heterocycles. The lowest BCUT2D eigenvalue weighted by Gasteiger charge is -2.09. The maximum absolute atomic E-state index is 5.32. The number of aromatic nitrogens is 3. The minimum atomic E-state index is 0.671. The molecule has 96 valence electrons. The van der Waals surface area contributed by atoms with Crippen LogP contribution >= 0.6 is 0 Å². The lowest BCUT2D eigenvalue weighted by atomic mass is 10.3. The summed E-state index contributed by atoms with van der Waals surface area (Å²) in [4.78, 5) is 1.70. The minimum absolute atomic E-state index is 0.671. The standard InChI is InChI=1S/C13H15N6/c1-5-17(2)12-8-6-11(7-9-12)15-16-13-18(3)10-14-19(13)4/h1,6-10H,2-4H3/q+1. The molecule has 0 aliphatic heterocycles. The van der Waals surface area contributed by atoms with Crippen LogP contribution in [-0.4, -0.2) is 16.7 Å². The first kappa shape index (κ1) is 12.8. The lowest BCUT2D eigenvalue weighted by molar-refractivity contribution is -0.716. The lowest BCUT2D eigenvalue weighted by Crippen LogP contribution is -2.29.